The summed E-state index contributed by atoms with van der Waals surface area (Å²) < 4.78 is 12.8. The molecule has 4 aromatic carbocycles. The largest absolute Gasteiger partial charge is 0.491 e. The maximum absolute atomic E-state index is 15.6. The van der Waals surface area contributed by atoms with Crippen molar-refractivity contribution in [2.75, 3.05) is 25.1 Å². The minimum atomic E-state index is -1.76. The second-order valence-electron chi connectivity index (χ2n) is 16.6. The minimum absolute atomic E-state index is 0.0280. The maximum Gasteiger partial charge on any atom is 0.324 e. The molecule has 316 valence electrons. The summed E-state index contributed by atoms with van der Waals surface area (Å²) in [4.78, 5) is 52.6. The number of aromatic nitrogens is 1. The van der Waals surface area contributed by atoms with Gasteiger partial charge in [0.1, 0.15) is 35.5 Å². The van der Waals surface area contributed by atoms with Gasteiger partial charge in [-0.3, -0.25) is 24.3 Å². The molecular formula is C51H50N4O7. The highest BCUT2D eigenvalue weighted by molar-refractivity contribution is 6.12. The Morgan fingerprint density at radius 3 is 2.31 bits per heavy atom. The van der Waals surface area contributed by atoms with Crippen molar-refractivity contribution in [3.05, 3.63) is 161 Å². The fourth-order valence-electron chi connectivity index (χ4n) is 10.2. The van der Waals surface area contributed by atoms with E-state index in [1.807, 2.05) is 114 Å². The van der Waals surface area contributed by atoms with E-state index in [2.05, 4.69) is 27.5 Å². The van der Waals surface area contributed by atoms with Crippen LogP contribution >= 0.6 is 0 Å². The molecule has 6 atom stereocenters. The van der Waals surface area contributed by atoms with E-state index >= 15 is 14.4 Å². The third-order valence-corrected chi connectivity index (χ3v) is 12.9. The van der Waals surface area contributed by atoms with Crippen molar-refractivity contribution in [3.63, 3.8) is 0 Å². The summed E-state index contributed by atoms with van der Waals surface area (Å²) in [5, 5.41) is 27.8. The molecule has 1 saturated carbocycles. The molecule has 4 N–H and O–H groups in total. The molecule has 1 aliphatic carbocycles. The lowest BCUT2D eigenvalue weighted by Gasteiger charge is -2.46. The van der Waals surface area contributed by atoms with Crippen molar-refractivity contribution in [3.8, 4) is 17.6 Å². The molecule has 5 aromatic rings. The number of nitrogens with zero attached hydrogens (tertiary/aromatic N) is 2. The smallest absolute Gasteiger partial charge is 0.324 e. The number of carbonyl (C=O) groups excluding carboxylic acids is 3. The molecule has 1 spiro atoms. The van der Waals surface area contributed by atoms with Gasteiger partial charge in [-0.2, -0.15) is 0 Å². The van der Waals surface area contributed by atoms with Crippen molar-refractivity contribution >= 4 is 23.5 Å². The van der Waals surface area contributed by atoms with Gasteiger partial charge in [0.2, 0.25) is 11.8 Å². The third kappa shape index (κ3) is 7.53. The van der Waals surface area contributed by atoms with Gasteiger partial charge < -0.3 is 30.3 Å². The quantitative estimate of drug-likeness (QED) is 0.0702. The number of benzene rings is 4. The first-order valence-corrected chi connectivity index (χ1v) is 21.6. The Balaban J connectivity index is 1.29. The number of para-hydroxylation sites is 1. The maximum atomic E-state index is 15.6. The number of hydrogen-bond donors (Lipinski definition) is 4. The molecular weight excluding hydrogens is 781 g/mol. The Hall–Kier alpha value is -6.32. The number of aliphatic hydroxyl groups excluding tert-OH is 1. The number of hydrogen-bond acceptors (Lipinski definition) is 9. The van der Waals surface area contributed by atoms with E-state index in [1.54, 1.807) is 18.3 Å². The predicted molar refractivity (Wildman–Crippen MR) is 233 cm³/mol. The topological polar surface area (TPSA) is 150 Å². The molecule has 3 aliphatic heterocycles. The second kappa shape index (κ2) is 17.6. The molecule has 0 bridgehead atoms. The number of pyridine rings is 1. The molecule has 2 amide bonds. The summed E-state index contributed by atoms with van der Waals surface area (Å²) in [6, 6.07) is 34.6. The van der Waals surface area contributed by atoms with E-state index < -0.39 is 58.9 Å². The van der Waals surface area contributed by atoms with Gasteiger partial charge in [0.15, 0.2) is 0 Å². The van der Waals surface area contributed by atoms with Crippen LogP contribution in [0.5, 0.6) is 5.75 Å². The van der Waals surface area contributed by atoms with Crippen LogP contribution < -0.4 is 15.4 Å². The van der Waals surface area contributed by atoms with Crippen molar-refractivity contribution in [2.45, 2.75) is 80.2 Å². The molecule has 11 nitrogen and oxygen atoms in total. The lowest BCUT2D eigenvalue weighted by Crippen LogP contribution is -2.55. The number of aliphatic hydroxyl groups is 2. The molecule has 0 radical (unpaired) electrons. The van der Waals surface area contributed by atoms with Gasteiger partial charge >= 0.3 is 5.97 Å². The van der Waals surface area contributed by atoms with Crippen molar-refractivity contribution in [2.24, 2.45) is 5.92 Å². The van der Waals surface area contributed by atoms with Crippen LogP contribution in [-0.2, 0) is 31.0 Å². The van der Waals surface area contributed by atoms with E-state index in [1.165, 1.54) is 0 Å². The van der Waals surface area contributed by atoms with Crippen LogP contribution in [0.15, 0.2) is 128 Å². The summed E-state index contributed by atoms with van der Waals surface area (Å²) in [6.07, 6.45) is 6.28. The number of anilines is 1. The molecule has 1 aromatic heterocycles. The van der Waals surface area contributed by atoms with Gasteiger partial charge in [0.25, 0.3) is 0 Å². The molecule has 4 aliphatic rings. The van der Waals surface area contributed by atoms with Crippen LogP contribution in [0.3, 0.4) is 0 Å². The fourth-order valence-corrected chi connectivity index (χ4v) is 10.2. The summed E-state index contributed by atoms with van der Waals surface area (Å²) in [5.41, 5.74) is 1.55. The van der Waals surface area contributed by atoms with Crippen LogP contribution in [-0.4, -0.2) is 69.3 Å². The Bertz CT molecular complexity index is 2480. The van der Waals surface area contributed by atoms with Gasteiger partial charge in [-0.1, -0.05) is 110 Å². The van der Waals surface area contributed by atoms with E-state index in [-0.39, 0.29) is 19.8 Å². The number of nitrogens with one attached hydrogen (secondary N) is 2. The molecule has 4 heterocycles. The number of rotatable bonds is 10. The van der Waals surface area contributed by atoms with E-state index in [0.29, 0.717) is 47.4 Å². The van der Waals surface area contributed by atoms with Crippen molar-refractivity contribution in [1.29, 1.82) is 0 Å². The average Bonchev–Trinajstić information content (AvgIpc) is 3.67. The first-order chi connectivity index (χ1) is 30.3. The van der Waals surface area contributed by atoms with Crippen molar-refractivity contribution < 1.29 is 34.1 Å². The lowest BCUT2D eigenvalue weighted by molar-refractivity contribution is -0.178. The van der Waals surface area contributed by atoms with Crippen LogP contribution in [0, 0.1) is 17.8 Å². The summed E-state index contributed by atoms with van der Waals surface area (Å²) in [5.74, 6) is 3.91. The van der Waals surface area contributed by atoms with Gasteiger partial charge in [-0.15, -0.1) is 0 Å². The number of amides is 2. The van der Waals surface area contributed by atoms with Gasteiger partial charge in [-0.05, 0) is 78.8 Å². The van der Waals surface area contributed by atoms with Crippen LogP contribution in [0.4, 0.5) is 5.69 Å². The minimum Gasteiger partial charge on any atom is -0.491 e. The van der Waals surface area contributed by atoms with E-state index in [9.17, 15) is 10.2 Å². The summed E-state index contributed by atoms with van der Waals surface area (Å²) >= 11 is 0. The standard InChI is InChI=1S/C51H50N4O7/c56-31-32-61-41-21-10-9-20-38(41)46-51(39-33-34(22-23-40(39)54-49(51)59)24-28-50(60)26-12-1-2-13-27-50)42(47(57)53-30-25-37-19-11-14-29-52-37)44-48(58)62-45(36-17-7-4-8-18-36)43(55(44)46)35-15-5-3-6-16-35/h3-11,14-23,29,33,42-46,56,60H,1-2,12-13,25-27,30-32H2,(H,53,57)(H,54,59)/t42-,43-,44-,45+,46+,51-/m1/s1. The number of esters is 1. The van der Waals surface area contributed by atoms with Crippen LogP contribution in [0.2, 0.25) is 0 Å². The summed E-state index contributed by atoms with van der Waals surface area (Å²) in [6.45, 7) is -0.0945. The molecule has 62 heavy (non-hydrogen) atoms. The number of cyclic esters (lactones) is 1. The van der Waals surface area contributed by atoms with Crippen LogP contribution in [0.1, 0.15) is 90.2 Å². The number of fused-ring (bicyclic) bond motifs is 3. The highest BCUT2D eigenvalue weighted by atomic mass is 16.6. The lowest BCUT2D eigenvalue weighted by atomic mass is 9.65. The zero-order valence-corrected chi connectivity index (χ0v) is 34.4. The monoisotopic (exact) mass is 830 g/mol. The second-order valence-corrected chi connectivity index (χ2v) is 16.6. The summed E-state index contributed by atoms with van der Waals surface area (Å²) in [7, 11) is 0. The average molecular weight is 831 g/mol. The van der Waals surface area contributed by atoms with Gasteiger partial charge in [-0.25, -0.2) is 0 Å². The molecule has 11 heteroatoms. The van der Waals surface area contributed by atoms with Gasteiger partial charge in [0, 0.05) is 41.7 Å². The Morgan fingerprint density at radius 1 is 0.871 bits per heavy atom. The van der Waals surface area contributed by atoms with E-state index in [0.717, 1.165) is 42.5 Å². The first-order valence-electron chi connectivity index (χ1n) is 21.6. The first kappa shape index (κ1) is 41.1. The molecule has 9 rings (SSSR count). The highest BCUT2D eigenvalue weighted by Crippen LogP contribution is 2.65. The Morgan fingerprint density at radius 2 is 1.58 bits per heavy atom. The molecule has 2 saturated heterocycles. The molecule has 3 fully saturated rings. The Labute approximate surface area is 361 Å². The highest BCUT2D eigenvalue weighted by Gasteiger charge is 2.74. The van der Waals surface area contributed by atoms with Gasteiger partial charge in [0.05, 0.1) is 24.6 Å². The normalized spacial score (nSPS) is 25.0. The predicted octanol–water partition coefficient (Wildman–Crippen LogP) is 6.52. The fraction of sp³-hybridized carbons (Fsp3) is 0.333. The van der Waals surface area contributed by atoms with Crippen molar-refractivity contribution in [1.82, 2.24) is 15.2 Å². The Kier molecular flexibility index (Phi) is 11.6. The zero-order valence-electron chi connectivity index (χ0n) is 34.4. The SMILES string of the molecule is O=C1O[C@@H](c2ccccc2)[C@@H](c2ccccc2)N2[C@@H](c3ccccc3OCCO)[C@]3(C(=O)Nc4ccc(C#CC5(O)CCCCCC5)cc43)[C@@H](C(=O)NCCc3ccccn3)[C@H]12. The zero-order chi connectivity index (χ0) is 42.7. The molecule has 0 unspecified atom stereocenters. The number of ether oxygens (including phenoxy) is 2. The number of carbonyl (C=O) groups is 3. The third-order valence-electron chi connectivity index (χ3n) is 12.9. The van der Waals surface area contributed by atoms with Crippen LogP contribution in [0.25, 0.3) is 0 Å². The van der Waals surface area contributed by atoms with E-state index in [4.69, 9.17) is 9.47 Å². The number of morpholine rings is 1.